The van der Waals surface area contributed by atoms with Gasteiger partial charge in [0, 0.05) is 18.9 Å². The number of methoxy groups -OCH3 is 1. The first-order valence-electron chi connectivity index (χ1n) is 7.50. The quantitative estimate of drug-likeness (QED) is 0.464. The van der Waals surface area contributed by atoms with E-state index in [9.17, 15) is 9.59 Å². The lowest BCUT2D eigenvalue weighted by atomic mass is 9.97. The van der Waals surface area contributed by atoms with Gasteiger partial charge >= 0.3 is 5.97 Å². The summed E-state index contributed by atoms with van der Waals surface area (Å²) >= 11 is 0. The number of carbonyl (C=O) groups excluding carboxylic acids is 2. The van der Waals surface area contributed by atoms with Crippen molar-refractivity contribution in [3.63, 3.8) is 0 Å². The second kappa shape index (κ2) is 12.0. The van der Waals surface area contributed by atoms with Crippen LogP contribution < -0.4 is 5.32 Å². The molecule has 1 N–H and O–H groups in total. The third kappa shape index (κ3) is 9.51. The van der Waals surface area contributed by atoms with Crippen LogP contribution in [0.5, 0.6) is 0 Å². The largest absolute Gasteiger partial charge is 0.469 e. The number of unbranched alkanes of at least 4 members (excludes halogenated alkanes) is 2. The molecule has 0 unspecified atom stereocenters. The lowest BCUT2D eigenvalue weighted by molar-refractivity contribution is -0.140. The van der Waals surface area contributed by atoms with E-state index in [2.05, 4.69) is 23.9 Å². The van der Waals surface area contributed by atoms with E-state index in [0.717, 1.165) is 44.9 Å². The molecule has 112 valence electrons. The molecule has 1 amide bonds. The van der Waals surface area contributed by atoms with E-state index in [1.165, 1.54) is 7.11 Å². The molecule has 0 aliphatic carbocycles. The number of rotatable bonds is 11. The fraction of sp³-hybridized carbons (Fsp3) is 0.867. The van der Waals surface area contributed by atoms with Crippen molar-refractivity contribution in [3.05, 3.63) is 0 Å². The number of amides is 1. The number of hydrogen-bond donors (Lipinski definition) is 1. The number of esters is 1. The van der Waals surface area contributed by atoms with Gasteiger partial charge in [-0.15, -0.1) is 0 Å². The van der Waals surface area contributed by atoms with E-state index < -0.39 is 0 Å². The van der Waals surface area contributed by atoms with Gasteiger partial charge in [-0.1, -0.05) is 33.1 Å². The highest BCUT2D eigenvalue weighted by Gasteiger charge is 2.15. The molecular formula is C15H29NO3. The van der Waals surface area contributed by atoms with Gasteiger partial charge in [0.05, 0.1) is 7.11 Å². The van der Waals surface area contributed by atoms with Crippen LogP contribution in [0.1, 0.15) is 65.2 Å². The Morgan fingerprint density at radius 1 is 1.05 bits per heavy atom. The van der Waals surface area contributed by atoms with E-state index in [4.69, 9.17) is 0 Å². The molecule has 0 heterocycles. The van der Waals surface area contributed by atoms with Crippen molar-refractivity contribution in [1.82, 2.24) is 5.32 Å². The second-order valence-corrected chi connectivity index (χ2v) is 4.95. The highest BCUT2D eigenvalue weighted by molar-refractivity contribution is 5.78. The molecule has 0 atom stereocenters. The van der Waals surface area contributed by atoms with Gasteiger partial charge in [-0.05, 0) is 25.7 Å². The van der Waals surface area contributed by atoms with Crippen LogP contribution in [-0.4, -0.2) is 25.5 Å². The number of nitrogens with one attached hydrogen (secondary N) is 1. The monoisotopic (exact) mass is 271 g/mol. The summed E-state index contributed by atoms with van der Waals surface area (Å²) < 4.78 is 4.57. The zero-order chi connectivity index (χ0) is 14.5. The van der Waals surface area contributed by atoms with Crippen molar-refractivity contribution in [2.45, 2.75) is 65.2 Å². The Kier molecular flexibility index (Phi) is 11.3. The molecule has 0 aromatic carbocycles. The summed E-state index contributed by atoms with van der Waals surface area (Å²) in [7, 11) is 1.41. The van der Waals surface area contributed by atoms with Crippen molar-refractivity contribution >= 4 is 11.9 Å². The van der Waals surface area contributed by atoms with E-state index in [-0.39, 0.29) is 17.8 Å². The minimum absolute atomic E-state index is 0.157. The maximum absolute atomic E-state index is 11.9. The number of ether oxygens (including phenoxy) is 1. The van der Waals surface area contributed by atoms with Crippen LogP contribution in [0.25, 0.3) is 0 Å². The second-order valence-electron chi connectivity index (χ2n) is 4.95. The zero-order valence-electron chi connectivity index (χ0n) is 12.7. The Balaban J connectivity index is 3.63. The molecule has 0 bridgehead atoms. The van der Waals surface area contributed by atoms with Gasteiger partial charge in [0.25, 0.3) is 0 Å². The van der Waals surface area contributed by atoms with E-state index in [0.29, 0.717) is 13.0 Å². The van der Waals surface area contributed by atoms with Gasteiger partial charge in [0.15, 0.2) is 0 Å². The van der Waals surface area contributed by atoms with Gasteiger partial charge < -0.3 is 10.1 Å². The molecule has 4 nitrogen and oxygen atoms in total. The fourth-order valence-corrected chi connectivity index (χ4v) is 2.13. The lowest BCUT2D eigenvalue weighted by Crippen LogP contribution is -2.31. The maximum atomic E-state index is 11.9. The third-order valence-electron chi connectivity index (χ3n) is 3.23. The lowest BCUT2D eigenvalue weighted by Gasteiger charge is -2.15. The fourth-order valence-electron chi connectivity index (χ4n) is 2.13. The average Bonchev–Trinajstić information content (AvgIpc) is 2.41. The summed E-state index contributed by atoms with van der Waals surface area (Å²) in [6.45, 7) is 4.94. The molecule has 4 heteroatoms. The smallest absolute Gasteiger partial charge is 0.305 e. The minimum Gasteiger partial charge on any atom is -0.469 e. The number of hydrogen-bond acceptors (Lipinski definition) is 3. The van der Waals surface area contributed by atoms with Crippen LogP contribution >= 0.6 is 0 Å². The van der Waals surface area contributed by atoms with Crippen LogP contribution in [0.2, 0.25) is 0 Å². The highest BCUT2D eigenvalue weighted by Crippen LogP contribution is 2.13. The van der Waals surface area contributed by atoms with Crippen molar-refractivity contribution in [3.8, 4) is 0 Å². The van der Waals surface area contributed by atoms with Gasteiger partial charge in [0.1, 0.15) is 0 Å². The van der Waals surface area contributed by atoms with Gasteiger partial charge in [-0.3, -0.25) is 9.59 Å². The van der Waals surface area contributed by atoms with Gasteiger partial charge in [-0.25, -0.2) is 0 Å². The van der Waals surface area contributed by atoms with Gasteiger partial charge in [-0.2, -0.15) is 0 Å². The van der Waals surface area contributed by atoms with Crippen LogP contribution in [-0.2, 0) is 14.3 Å². The standard InChI is InChI=1S/C15H29NO3/c1-4-9-13(10-5-2)15(18)16-12-8-6-7-11-14(17)19-3/h13H,4-12H2,1-3H3,(H,16,18). The number of carbonyl (C=O) groups is 2. The van der Waals surface area contributed by atoms with E-state index in [1.807, 2.05) is 0 Å². The van der Waals surface area contributed by atoms with E-state index in [1.54, 1.807) is 0 Å². The Morgan fingerprint density at radius 3 is 2.21 bits per heavy atom. The SMILES string of the molecule is CCCC(CCC)C(=O)NCCCCCC(=O)OC. The molecule has 0 aliphatic heterocycles. The molecule has 19 heavy (non-hydrogen) atoms. The van der Waals surface area contributed by atoms with Crippen molar-refractivity contribution in [2.24, 2.45) is 5.92 Å². The topological polar surface area (TPSA) is 55.4 Å². The van der Waals surface area contributed by atoms with Crippen molar-refractivity contribution < 1.29 is 14.3 Å². The zero-order valence-corrected chi connectivity index (χ0v) is 12.7. The molecule has 0 aromatic rings. The summed E-state index contributed by atoms with van der Waals surface area (Å²) in [6.07, 6.45) is 7.22. The summed E-state index contributed by atoms with van der Waals surface area (Å²) in [5, 5.41) is 3.00. The van der Waals surface area contributed by atoms with Crippen molar-refractivity contribution in [2.75, 3.05) is 13.7 Å². The molecule has 0 aliphatic rings. The average molecular weight is 271 g/mol. The first-order valence-corrected chi connectivity index (χ1v) is 7.50. The molecule has 0 spiro atoms. The molecular weight excluding hydrogens is 242 g/mol. The maximum Gasteiger partial charge on any atom is 0.305 e. The van der Waals surface area contributed by atoms with E-state index >= 15 is 0 Å². The Hall–Kier alpha value is -1.06. The molecule has 0 saturated carbocycles. The summed E-state index contributed by atoms with van der Waals surface area (Å²) in [5.74, 6) is 0.205. The van der Waals surface area contributed by atoms with Crippen LogP contribution in [0.3, 0.4) is 0 Å². The summed E-state index contributed by atoms with van der Waals surface area (Å²) in [6, 6.07) is 0. The highest BCUT2D eigenvalue weighted by atomic mass is 16.5. The predicted molar refractivity (Wildman–Crippen MR) is 76.8 cm³/mol. The molecule has 0 fully saturated rings. The van der Waals surface area contributed by atoms with Crippen LogP contribution in [0, 0.1) is 5.92 Å². The predicted octanol–water partition coefficient (Wildman–Crippen LogP) is 3.05. The Bertz CT molecular complexity index is 248. The van der Waals surface area contributed by atoms with Gasteiger partial charge in [0.2, 0.25) is 5.91 Å². The minimum atomic E-state index is -0.157. The Labute approximate surface area is 117 Å². The van der Waals surface area contributed by atoms with Crippen LogP contribution in [0.15, 0.2) is 0 Å². The molecule has 0 saturated heterocycles. The third-order valence-corrected chi connectivity index (χ3v) is 3.23. The summed E-state index contributed by atoms with van der Waals surface area (Å²) in [4.78, 5) is 22.8. The summed E-state index contributed by atoms with van der Waals surface area (Å²) in [5.41, 5.74) is 0. The normalized spacial score (nSPS) is 10.5. The molecule has 0 radical (unpaired) electrons. The van der Waals surface area contributed by atoms with Crippen molar-refractivity contribution in [1.29, 1.82) is 0 Å². The first-order chi connectivity index (χ1) is 9.15. The first kappa shape index (κ1) is 17.9. The molecule has 0 rings (SSSR count). The van der Waals surface area contributed by atoms with Crippen LogP contribution in [0.4, 0.5) is 0 Å². The Morgan fingerprint density at radius 2 is 1.68 bits per heavy atom. The molecule has 0 aromatic heterocycles.